The van der Waals surface area contributed by atoms with Gasteiger partial charge in [0, 0.05) is 25.7 Å². The number of amides is 2. The zero-order chi connectivity index (χ0) is 16.1. The summed E-state index contributed by atoms with van der Waals surface area (Å²) < 4.78 is 0. The first-order chi connectivity index (χ1) is 10.5. The number of thiazole rings is 1. The number of nitrogens with one attached hydrogen (secondary N) is 1. The second kappa shape index (κ2) is 7.17. The molecule has 2 aromatic rings. The van der Waals surface area contributed by atoms with Gasteiger partial charge in [-0.05, 0) is 25.5 Å². The van der Waals surface area contributed by atoms with Crippen molar-refractivity contribution >= 4 is 28.8 Å². The molecule has 0 fully saturated rings. The Hall–Kier alpha value is -2.21. The van der Waals surface area contributed by atoms with Gasteiger partial charge >= 0.3 is 0 Å². The molecule has 2 rings (SSSR count). The number of para-hydroxylation sites is 1. The number of rotatable bonds is 5. The molecule has 6 heteroatoms. The zero-order valence-electron chi connectivity index (χ0n) is 12.9. The molecule has 0 aliphatic heterocycles. The second-order valence-corrected chi connectivity index (χ2v) is 5.77. The maximum atomic E-state index is 12.3. The van der Waals surface area contributed by atoms with Crippen molar-refractivity contribution in [2.45, 2.75) is 27.3 Å². The van der Waals surface area contributed by atoms with E-state index in [1.807, 2.05) is 38.1 Å². The van der Waals surface area contributed by atoms with Crippen LogP contribution in [0.15, 0.2) is 29.8 Å². The fourth-order valence-corrected chi connectivity index (χ4v) is 2.83. The highest BCUT2D eigenvalue weighted by Gasteiger charge is 2.15. The lowest BCUT2D eigenvalue weighted by Crippen LogP contribution is -2.28. The molecule has 5 nitrogen and oxygen atoms in total. The van der Waals surface area contributed by atoms with Crippen LogP contribution in [-0.2, 0) is 11.3 Å². The zero-order valence-corrected chi connectivity index (χ0v) is 13.7. The Bertz CT molecular complexity index is 682. The van der Waals surface area contributed by atoms with E-state index in [0.29, 0.717) is 18.0 Å². The summed E-state index contributed by atoms with van der Waals surface area (Å²) in [7, 11) is 0. The van der Waals surface area contributed by atoms with Gasteiger partial charge in [0.1, 0.15) is 4.88 Å². The van der Waals surface area contributed by atoms with Gasteiger partial charge in [0.2, 0.25) is 5.91 Å². The predicted molar refractivity (Wildman–Crippen MR) is 88.0 cm³/mol. The van der Waals surface area contributed by atoms with Crippen LogP contribution in [0.5, 0.6) is 0 Å². The summed E-state index contributed by atoms with van der Waals surface area (Å²) >= 11 is 1.32. The number of aryl methyl sites for hydroxylation is 1. The van der Waals surface area contributed by atoms with Crippen LogP contribution in [0.1, 0.15) is 34.8 Å². The maximum absolute atomic E-state index is 12.3. The molecule has 0 atom stereocenters. The van der Waals surface area contributed by atoms with Crippen molar-refractivity contribution in [1.29, 1.82) is 0 Å². The highest BCUT2D eigenvalue weighted by atomic mass is 32.1. The highest BCUT2D eigenvalue weighted by molar-refractivity contribution is 7.12. The summed E-state index contributed by atoms with van der Waals surface area (Å²) in [4.78, 5) is 30.3. The van der Waals surface area contributed by atoms with Crippen LogP contribution in [0.2, 0.25) is 0 Å². The molecule has 0 aliphatic carbocycles. The molecule has 2 amide bonds. The van der Waals surface area contributed by atoms with Crippen molar-refractivity contribution in [2.75, 3.05) is 11.9 Å². The summed E-state index contributed by atoms with van der Waals surface area (Å²) in [6.07, 6.45) is 0. The Kier molecular flexibility index (Phi) is 5.27. The first-order valence-corrected chi connectivity index (χ1v) is 7.95. The summed E-state index contributed by atoms with van der Waals surface area (Å²) in [5.41, 5.74) is 4.01. The number of aromatic nitrogens is 1. The number of carbonyl (C=O) groups excluding carboxylic acids is 2. The van der Waals surface area contributed by atoms with Gasteiger partial charge in [0.15, 0.2) is 0 Å². The third-order valence-corrected chi connectivity index (χ3v) is 4.33. The van der Waals surface area contributed by atoms with Crippen LogP contribution in [0.4, 0.5) is 5.69 Å². The third kappa shape index (κ3) is 3.71. The molecule has 0 radical (unpaired) electrons. The number of hydrogen-bond acceptors (Lipinski definition) is 4. The van der Waals surface area contributed by atoms with Crippen LogP contribution in [0, 0.1) is 6.92 Å². The van der Waals surface area contributed by atoms with E-state index in [1.54, 1.807) is 17.3 Å². The monoisotopic (exact) mass is 317 g/mol. The summed E-state index contributed by atoms with van der Waals surface area (Å²) in [5, 5.41) is 2.92. The average molecular weight is 317 g/mol. The average Bonchev–Trinajstić information content (AvgIpc) is 2.92. The SMILES string of the molecule is CCN(Cc1ccccc1NC(=O)c1scnc1C)C(C)=O. The molecule has 116 valence electrons. The van der Waals surface area contributed by atoms with E-state index >= 15 is 0 Å². The Labute approximate surface area is 134 Å². The Morgan fingerprint density at radius 2 is 2.05 bits per heavy atom. The largest absolute Gasteiger partial charge is 0.339 e. The van der Waals surface area contributed by atoms with E-state index in [4.69, 9.17) is 0 Å². The van der Waals surface area contributed by atoms with Crippen LogP contribution >= 0.6 is 11.3 Å². The minimum absolute atomic E-state index is 0.0157. The van der Waals surface area contributed by atoms with Crippen molar-refractivity contribution in [3.8, 4) is 0 Å². The molecule has 1 N–H and O–H groups in total. The fourth-order valence-electron chi connectivity index (χ4n) is 2.13. The van der Waals surface area contributed by atoms with Gasteiger partial charge < -0.3 is 10.2 Å². The van der Waals surface area contributed by atoms with E-state index in [0.717, 1.165) is 16.9 Å². The van der Waals surface area contributed by atoms with E-state index < -0.39 is 0 Å². The normalized spacial score (nSPS) is 10.3. The van der Waals surface area contributed by atoms with Crippen LogP contribution in [-0.4, -0.2) is 28.2 Å². The minimum atomic E-state index is -0.168. The van der Waals surface area contributed by atoms with Crippen LogP contribution in [0.25, 0.3) is 0 Å². The molecular weight excluding hydrogens is 298 g/mol. The van der Waals surface area contributed by atoms with E-state index in [-0.39, 0.29) is 11.8 Å². The smallest absolute Gasteiger partial charge is 0.267 e. The van der Waals surface area contributed by atoms with Gasteiger partial charge in [0.05, 0.1) is 11.2 Å². The lowest BCUT2D eigenvalue weighted by atomic mass is 10.1. The van der Waals surface area contributed by atoms with E-state index in [9.17, 15) is 9.59 Å². The Balaban J connectivity index is 2.20. The van der Waals surface area contributed by atoms with Gasteiger partial charge in [-0.3, -0.25) is 9.59 Å². The number of benzene rings is 1. The molecular formula is C16H19N3O2S. The topological polar surface area (TPSA) is 62.3 Å². The molecule has 0 unspecified atom stereocenters. The molecule has 0 spiro atoms. The number of carbonyl (C=O) groups is 2. The van der Waals surface area contributed by atoms with E-state index in [2.05, 4.69) is 10.3 Å². The third-order valence-electron chi connectivity index (χ3n) is 3.41. The molecule has 1 heterocycles. The molecule has 0 aliphatic rings. The predicted octanol–water partition coefficient (Wildman–Crippen LogP) is 3.07. The van der Waals surface area contributed by atoms with Gasteiger partial charge in [0.25, 0.3) is 5.91 Å². The van der Waals surface area contributed by atoms with Crippen LogP contribution < -0.4 is 5.32 Å². The standard InChI is InChI=1S/C16H19N3O2S/c1-4-19(12(3)20)9-13-7-5-6-8-14(13)18-16(21)15-11(2)17-10-22-15/h5-8,10H,4,9H2,1-3H3,(H,18,21). The van der Waals surface area contributed by atoms with Crippen molar-refractivity contribution in [3.05, 3.63) is 45.9 Å². The highest BCUT2D eigenvalue weighted by Crippen LogP contribution is 2.20. The van der Waals surface area contributed by atoms with Gasteiger partial charge in [-0.15, -0.1) is 11.3 Å². The number of anilines is 1. The Morgan fingerprint density at radius 3 is 2.64 bits per heavy atom. The first kappa shape index (κ1) is 16.2. The van der Waals surface area contributed by atoms with Crippen molar-refractivity contribution in [3.63, 3.8) is 0 Å². The van der Waals surface area contributed by atoms with Crippen LogP contribution in [0.3, 0.4) is 0 Å². The second-order valence-electron chi connectivity index (χ2n) is 4.91. The lowest BCUT2D eigenvalue weighted by molar-refractivity contribution is -0.129. The quantitative estimate of drug-likeness (QED) is 0.922. The molecule has 0 saturated heterocycles. The lowest BCUT2D eigenvalue weighted by Gasteiger charge is -2.21. The molecule has 1 aromatic carbocycles. The van der Waals surface area contributed by atoms with Crippen molar-refractivity contribution in [1.82, 2.24) is 9.88 Å². The van der Waals surface area contributed by atoms with Crippen molar-refractivity contribution in [2.24, 2.45) is 0 Å². The Morgan fingerprint density at radius 1 is 1.32 bits per heavy atom. The maximum Gasteiger partial charge on any atom is 0.267 e. The fraction of sp³-hybridized carbons (Fsp3) is 0.312. The van der Waals surface area contributed by atoms with Gasteiger partial charge in [-0.25, -0.2) is 4.98 Å². The molecule has 22 heavy (non-hydrogen) atoms. The number of hydrogen-bond donors (Lipinski definition) is 1. The minimum Gasteiger partial charge on any atom is -0.339 e. The molecule has 0 bridgehead atoms. The number of nitrogens with zero attached hydrogens (tertiary/aromatic N) is 2. The van der Waals surface area contributed by atoms with Crippen molar-refractivity contribution < 1.29 is 9.59 Å². The van der Waals surface area contributed by atoms with Gasteiger partial charge in [-0.1, -0.05) is 18.2 Å². The molecule has 1 aromatic heterocycles. The van der Waals surface area contributed by atoms with E-state index in [1.165, 1.54) is 11.3 Å². The first-order valence-electron chi connectivity index (χ1n) is 7.07. The molecule has 0 saturated carbocycles. The summed E-state index contributed by atoms with van der Waals surface area (Å²) in [6, 6.07) is 7.53. The summed E-state index contributed by atoms with van der Waals surface area (Å²) in [6.45, 7) is 6.40. The summed E-state index contributed by atoms with van der Waals surface area (Å²) in [5.74, 6) is -0.153. The van der Waals surface area contributed by atoms with Gasteiger partial charge in [-0.2, -0.15) is 0 Å².